The molecule has 8 heteroatoms. The number of hydrogen-bond donors (Lipinski definition) is 1. The van der Waals surface area contributed by atoms with Crippen LogP contribution in [0.3, 0.4) is 0 Å². The van der Waals surface area contributed by atoms with Gasteiger partial charge in [-0.15, -0.1) is 0 Å². The fraction of sp³-hybridized carbons (Fsp3) is 0.435. The number of carbonyl (C=O) groups is 2. The Morgan fingerprint density at radius 1 is 1.19 bits per heavy atom. The number of hydrogen-bond acceptors (Lipinski definition) is 5. The second kappa shape index (κ2) is 10.3. The molecule has 166 valence electrons. The Hall–Kier alpha value is -3.13. The maximum atomic E-state index is 12.9. The SMILES string of the molecule is COc1ccc([C@H]2[C@@H]3CN(Cc4ccccn4)C[C@@H]3CN2C(=O)N(C)C)cc1.O=CO. The molecule has 2 aromatic rings. The highest BCUT2D eigenvalue weighted by molar-refractivity contribution is 5.75. The molecule has 1 aromatic carbocycles. The van der Waals surface area contributed by atoms with E-state index in [9.17, 15) is 4.79 Å². The molecular formula is C23H30N4O4. The lowest BCUT2D eigenvalue weighted by Gasteiger charge is -2.32. The van der Waals surface area contributed by atoms with Gasteiger partial charge in [-0.05, 0) is 35.7 Å². The Bertz CT molecular complexity index is 860. The van der Waals surface area contributed by atoms with Crippen LogP contribution in [0.1, 0.15) is 17.3 Å². The predicted molar refractivity (Wildman–Crippen MR) is 117 cm³/mol. The summed E-state index contributed by atoms with van der Waals surface area (Å²) in [5.41, 5.74) is 2.29. The molecule has 0 aliphatic carbocycles. The molecule has 2 aliphatic heterocycles. The summed E-state index contributed by atoms with van der Waals surface area (Å²) in [6.45, 7) is 3.40. The first kappa shape index (κ1) is 22.6. The maximum absolute atomic E-state index is 12.9. The van der Waals surface area contributed by atoms with Gasteiger partial charge in [-0.25, -0.2) is 4.79 Å². The number of carbonyl (C=O) groups excluding carboxylic acids is 1. The van der Waals surface area contributed by atoms with Crippen molar-refractivity contribution < 1.29 is 19.4 Å². The van der Waals surface area contributed by atoms with Gasteiger partial charge in [-0.3, -0.25) is 14.7 Å². The van der Waals surface area contributed by atoms with E-state index in [0.29, 0.717) is 11.8 Å². The molecule has 0 spiro atoms. The zero-order chi connectivity index (χ0) is 22.4. The molecule has 8 nitrogen and oxygen atoms in total. The Labute approximate surface area is 183 Å². The number of carboxylic acid groups (broad SMARTS) is 1. The summed E-state index contributed by atoms with van der Waals surface area (Å²) >= 11 is 0. The number of benzene rings is 1. The van der Waals surface area contributed by atoms with Crippen LogP contribution in [-0.4, -0.2) is 78.1 Å². The number of likely N-dealkylation sites (tertiary alicyclic amines) is 2. The molecule has 0 saturated carbocycles. The molecule has 2 saturated heterocycles. The minimum atomic E-state index is -0.250. The first-order chi connectivity index (χ1) is 15.0. The van der Waals surface area contributed by atoms with Gasteiger partial charge in [0, 0.05) is 52.4 Å². The van der Waals surface area contributed by atoms with Gasteiger partial charge in [0.15, 0.2) is 0 Å². The number of fused-ring (bicyclic) bond motifs is 1. The quantitative estimate of drug-likeness (QED) is 0.757. The zero-order valence-corrected chi connectivity index (χ0v) is 18.2. The van der Waals surface area contributed by atoms with Crippen molar-refractivity contribution in [1.82, 2.24) is 19.7 Å². The molecule has 1 N–H and O–H groups in total. The normalized spacial score (nSPS) is 22.3. The van der Waals surface area contributed by atoms with Crippen LogP contribution in [0.5, 0.6) is 5.75 Å². The first-order valence-electron chi connectivity index (χ1n) is 10.3. The number of aromatic nitrogens is 1. The average molecular weight is 427 g/mol. The van der Waals surface area contributed by atoms with Crippen LogP contribution in [0, 0.1) is 11.8 Å². The number of ether oxygens (including phenoxy) is 1. The molecule has 31 heavy (non-hydrogen) atoms. The Morgan fingerprint density at radius 2 is 1.90 bits per heavy atom. The highest BCUT2D eigenvalue weighted by Gasteiger charge is 2.49. The standard InChI is InChI=1S/C22H28N4O2.CH2O2/c1-24(2)22(27)26-13-17-12-25(14-18-6-4-5-11-23-18)15-20(17)21(26)16-7-9-19(28-3)10-8-16;2-1-3/h4-11,17,20-21H,12-15H2,1-3H3;1H,(H,2,3)/t17-,20-,21+;/m1./s1. The Morgan fingerprint density at radius 3 is 2.48 bits per heavy atom. The van der Waals surface area contributed by atoms with Crippen molar-refractivity contribution in [3.05, 3.63) is 59.9 Å². The van der Waals surface area contributed by atoms with Crippen molar-refractivity contribution in [3.63, 3.8) is 0 Å². The number of nitrogens with zero attached hydrogens (tertiary/aromatic N) is 4. The van der Waals surface area contributed by atoms with Crippen LogP contribution in [0.2, 0.25) is 0 Å². The third kappa shape index (κ3) is 5.14. The smallest absolute Gasteiger partial charge is 0.320 e. The average Bonchev–Trinajstić information content (AvgIpc) is 3.31. The van der Waals surface area contributed by atoms with Gasteiger partial charge in [0.25, 0.3) is 6.47 Å². The maximum Gasteiger partial charge on any atom is 0.320 e. The van der Waals surface area contributed by atoms with Crippen LogP contribution in [0.4, 0.5) is 4.79 Å². The fourth-order valence-electron chi connectivity index (χ4n) is 4.67. The van der Waals surface area contributed by atoms with Crippen LogP contribution in [0.15, 0.2) is 48.7 Å². The van der Waals surface area contributed by atoms with E-state index in [1.807, 2.05) is 44.6 Å². The largest absolute Gasteiger partial charge is 0.497 e. The van der Waals surface area contributed by atoms with E-state index in [1.165, 1.54) is 5.56 Å². The summed E-state index contributed by atoms with van der Waals surface area (Å²) in [4.78, 5) is 31.9. The Kier molecular flexibility index (Phi) is 7.46. The first-order valence-corrected chi connectivity index (χ1v) is 10.3. The monoisotopic (exact) mass is 426 g/mol. The van der Waals surface area contributed by atoms with E-state index >= 15 is 0 Å². The van der Waals surface area contributed by atoms with Crippen molar-refractivity contribution in [2.45, 2.75) is 12.6 Å². The highest BCUT2D eigenvalue weighted by Crippen LogP contribution is 2.45. The van der Waals surface area contributed by atoms with Gasteiger partial charge in [0.1, 0.15) is 5.75 Å². The van der Waals surface area contributed by atoms with Crippen molar-refractivity contribution in [3.8, 4) is 5.75 Å². The van der Waals surface area contributed by atoms with E-state index in [4.69, 9.17) is 14.6 Å². The molecule has 3 atom stereocenters. The predicted octanol–water partition coefficient (Wildman–Crippen LogP) is 2.58. The number of methoxy groups -OCH3 is 1. The molecule has 2 amide bonds. The lowest BCUT2D eigenvalue weighted by Crippen LogP contribution is -2.41. The minimum absolute atomic E-state index is 0.0893. The summed E-state index contributed by atoms with van der Waals surface area (Å²) in [6, 6.07) is 14.4. The molecule has 0 bridgehead atoms. The van der Waals surface area contributed by atoms with Crippen molar-refractivity contribution in [2.24, 2.45) is 11.8 Å². The number of rotatable bonds is 4. The zero-order valence-electron chi connectivity index (χ0n) is 18.2. The van der Waals surface area contributed by atoms with Gasteiger partial charge in [-0.2, -0.15) is 0 Å². The topological polar surface area (TPSA) is 86.2 Å². The lowest BCUT2D eigenvalue weighted by atomic mass is 9.89. The number of urea groups is 1. The van der Waals surface area contributed by atoms with Gasteiger partial charge in [0.05, 0.1) is 18.8 Å². The van der Waals surface area contributed by atoms with Crippen molar-refractivity contribution in [2.75, 3.05) is 40.8 Å². The summed E-state index contributed by atoms with van der Waals surface area (Å²) < 4.78 is 5.31. The fourth-order valence-corrected chi connectivity index (χ4v) is 4.67. The van der Waals surface area contributed by atoms with E-state index in [0.717, 1.165) is 37.6 Å². The summed E-state index contributed by atoms with van der Waals surface area (Å²) in [5.74, 6) is 1.76. The van der Waals surface area contributed by atoms with Gasteiger partial charge in [-0.1, -0.05) is 18.2 Å². The van der Waals surface area contributed by atoms with E-state index < -0.39 is 0 Å². The van der Waals surface area contributed by atoms with Crippen molar-refractivity contribution >= 4 is 12.5 Å². The number of amides is 2. The highest BCUT2D eigenvalue weighted by atomic mass is 16.5. The molecule has 0 radical (unpaired) electrons. The van der Waals surface area contributed by atoms with Crippen LogP contribution < -0.4 is 4.74 Å². The molecule has 2 aliphatic rings. The van der Waals surface area contributed by atoms with Crippen LogP contribution in [-0.2, 0) is 11.3 Å². The minimum Gasteiger partial charge on any atom is -0.497 e. The van der Waals surface area contributed by atoms with Gasteiger partial charge < -0.3 is 19.6 Å². The molecular weight excluding hydrogens is 396 g/mol. The Balaban J connectivity index is 0.000000858. The third-order valence-corrected chi connectivity index (χ3v) is 5.94. The summed E-state index contributed by atoms with van der Waals surface area (Å²) in [6.07, 6.45) is 1.85. The van der Waals surface area contributed by atoms with E-state index in [-0.39, 0.29) is 18.5 Å². The molecule has 1 aromatic heterocycles. The molecule has 4 rings (SSSR count). The van der Waals surface area contributed by atoms with Crippen LogP contribution in [0.25, 0.3) is 0 Å². The second-order valence-electron chi connectivity index (χ2n) is 8.09. The second-order valence-corrected chi connectivity index (χ2v) is 8.09. The van der Waals surface area contributed by atoms with E-state index in [1.54, 1.807) is 12.0 Å². The summed E-state index contributed by atoms with van der Waals surface area (Å²) in [5, 5.41) is 6.89. The van der Waals surface area contributed by atoms with Gasteiger partial charge in [0.2, 0.25) is 0 Å². The van der Waals surface area contributed by atoms with Gasteiger partial charge >= 0.3 is 6.03 Å². The lowest BCUT2D eigenvalue weighted by molar-refractivity contribution is -0.122. The molecule has 3 heterocycles. The molecule has 0 unspecified atom stereocenters. The van der Waals surface area contributed by atoms with Crippen molar-refractivity contribution in [1.29, 1.82) is 0 Å². The number of pyridine rings is 1. The van der Waals surface area contributed by atoms with E-state index in [2.05, 4.69) is 33.0 Å². The molecule has 2 fully saturated rings. The third-order valence-electron chi connectivity index (χ3n) is 5.94. The van der Waals surface area contributed by atoms with Crippen LogP contribution >= 0.6 is 0 Å². The summed E-state index contributed by atoms with van der Waals surface area (Å²) in [7, 11) is 5.33.